The third-order valence-corrected chi connectivity index (χ3v) is 2.48. The lowest BCUT2D eigenvalue weighted by Crippen LogP contribution is -2.37. The molecule has 6 nitrogen and oxygen atoms in total. The van der Waals surface area contributed by atoms with Crippen molar-refractivity contribution in [2.75, 3.05) is 6.61 Å². The summed E-state index contributed by atoms with van der Waals surface area (Å²) in [5, 5.41) is 1.81. The Morgan fingerprint density at radius 2 is 1.68 bits per heavy atom. The molecule has 3 N–H and O–H groups in total. The van der Waals surface area contributed by atoms with Gasteiger partial charge in [0.2, 0.25) is 0 Å². The third-order valence-electron chi connectivity index (χ3n) is 2.48. The van der Waals surface area contributed by atoms with Crippen molar-refractivity contribution in [3.05, 3.63) is 34.4 Å². The zero-order chi connectivity index (χ0) is 14.6. The first-order valence-electron chi connectivity index (χ1n) is 5.65. The van der Waals surface area contributed by atoms with Gasteiger partial charge in [0, 0.05) is 0 Å². The fraction of sp³-hybridized carbons (Fsp3) is 0.308. The number of esters is 1. The molecule has 0 radical (unpaired) electrons. The van der Waals surface area contributed by atoms with E-state index >= 15 is 0 Å². The van der Waals surface area contributed by atoms with Crippen molar-refractivity contribution < 1.29 is 19.1 Å². The Morgan fingerprint density at radius 1 is 1.16 bits per heavy atom. The van der Waals surface area contributed by atoms with E-state index in [9.17, 15) is 14.4 Å². The SMILES string of the molecule is Cc1cc(C)c(C(=O)OCC(=O)NC(N)=O)c(C)c1. The number of hydrogen-bond acceptors (Lipinski definition) is 4. The molecule has 0 aliphatic carbocycles. The fourth-order valence-corrected chi connectivity index (χ4v) is 1.88. The highest BCUT2D eigenvalue weighted by Gasteiger charge is 2.16. The predicted molar refractivity (Wildman–Crippen MR) is 68.7 cm³/mol. The Morgan fingerprint density at radius 3 is 2.16 bits per heavy atom. The molecule has 3 amide bonds. The molecule has 1 aromatic rings. The Hall–Kier alpha value is -2.37. The monoisotopic (exact) mass is 264 g/mol. The van der Waals surface area contributed by atoms with Gasteiger partial charge in [0.15, 0.2) is 6.61 Å². The highest BCUT2D eigenvalue weighted by atomic mass is 16.5. The molecule has 19 heavy (non-hydrogen) atoms. The second kappa shape index (κ2) is 5.99. The molecule has 0 aliphatic rings. The van der Waals surface area contributed by atoms with E-state index < -0.39 is 24.5 Å². The van der Waals surface area contributed by atoms with Crippen molar-refractivity contribution >= 4 is 17.9 Å². The Balaban J connectivity index is 2.74. The summed E-state index contributed by atoms with van der Waals surface area (Å²) in [5.74, 6) is -1.36. The molecule has 0 saturated heterocycles. The van der Waals surface area contributed by atoms with Crippen molar-refractivity contribution in [3.63, 3.8) is 0 Å². The normalized spacial score (nSPS) is 9.84. The van der Waals surface area contributed by atoms with Gasteiger partial charge in [-0.1, -0.05) is 17.7 Å². The van der Waals surface area contributed by atoms with Crippen molar-refractivity contribution in [2.45, 2.75) is 20.8 Å². The fourth-order valence-electron chi connectivity index (χ4n) is 1.88. The summed E-state index contributed by atoms with van der Waals surface area (Å²) in [6.45, 7) is 4.96. The van der Waals surface area contributed by atoms with E-state index in [2.05, 4.69) is 0 Å². The smallest absolute Gasteiger partial charge is 0.339 e. The zero-order valence-corrected chi connectivity index (χ0v) is 11.1. The van der Waals surface area contributed by atoms with Gasteiger partial charge < -0.3 is 10.5 Å². The lowest BCUT2D eigenvalue weighted by atomic mass is 10.00. The molecule has 1 aromatic carbocycles. The van der Waals surface area contributed by atoms with Crippen LogP contribution in [0.3, 0.4) is 0 Å². The maximum absolute atomic E-state index is 11.9. The van der Waals surface area contributed by atoms with Crippen LogP contribution in [0.15, 0.2) is 12.1 Å². The average molecular weight is 264 g/mol. The van der Waals surface area contributed by atoms with Crippen molar-refractivity contribution in [1.82, 2.24) is 5.32 Å². The summed E-state index contributed by atoms with van der Waals surface area (Å²) in [7, 11) is 0. The number of carbonyl (C=O) groups is 3. The number of ether oxygens (including phenoxy) is 1. The van der Waals surface area contributed by atoms with E-state index in [1.54, 1.807) is 13.8 Å². The maximum Gasteiger partial charge on any atom is 0.339 e. The van der Waals surface area contributed by atoms with Crippen LogP contribution in [0.5, 0.6) is 0 Å². The van der Waals surface area contributed by atoms with Crippen molar-refractivity contribution in [2.24, 2.45) is 5.73 Å². The van der Waals surface area contributed by atoms with E-state index in [1.807, 2.05) is 24.4 Å². The van der Waals surface area contributed by atoms with Crippen LogP contribution in [-0.4, -0.2) is 24.5 Å². The molecule has 0 heterocycles. The predicted octanol–water partition coefficient (Wildman–Crippen LogP) is 0.964. The van der Waals surface area contributed by atoms with Gasteiger partial charge in [0.05, 0.1) is 5.56 Å². The number of primary amides is 1. The quantitative estimate of drug-likeness (QED) is 0.794. The van der Waals surface area contributed by atoms with E-state index in [0.29, 0.717) is 5.56 Å². The number of benzene rings is 1. The number of amides is 3. The Kier molecular flexibility index (Phi) is 4.63. The Labute approximate surface area is 110 Å². The van der Waals surface area contributed by atoms with Gasteiger partial charge in [-0.3, -0.25) is 10.1 Å². The molecule has 0 aromatic heterocycles. The van der Waals surface area contributed by atoms with Gasteiger partial charge in [0.25, 0.3) is 5.91 Å². The number of aryl methyl sites for hydroxylation is 3. The lowest BCUT2D eigenvalue weighted by molar-refractivity contribution is -0.123. The van der Waals surface area contributed by atoms with E-state index in [4.69, 9.17) is 10.5 Å². The zero-order valence-electron chi connectivity index (χ0n) is 11.1. The molecule has 102 valence electrons. The molecule has 0 aliphatic heterocycles. The molecule has 0 bridgehead atoms. The molecule has 1 rings (SSSR count). The van der Waals surface area contributed by atoms with Crippen molar-refractivity contribution in [1.29, 1.82) is 0 Å². The van der Waals surface area contributed by atoms with Gasteiger partial charge in [-0.15, -0.1) is 0 Å². The molecule has 0 fully saturated rings. The highest BCUT2D eigenvalue weighted by molar-refractivity contribution is 5.97. The van der Waals surface area contributed by atoms with Crippen LogP contribution in [0.25, 0.3) is 0 Å². The van der Waals surface area contributed by atoms with E-state index in [1.165, 1.54) is 0 Å². The van der Waals surface area contributed by atoms with Crippen LogP contribution in [-0.2, 0) is 9.53 Å². The average Bonchev–Trinajstić information content (AvgIpc) is 2.23. The molecule has 0 saturated carbocycles. The number of carbonyl (C=O) groups excluding carboxylic acids is 3. The number of urea groups is 1. The number of nitrogens with one attached hydrogen (secondary N) is 1. The van der Waals surface area contributed by atoms with Gasteiger partial charge in [0.1, 0.15) is 0 Å². The first-order valence-corrected chi connectivity index (χ1v) is 5.65. The van der Waals surface area contributed by atoms with Crippen LogP contribution in [0.1, 0.15) is 27.0 Å². The van der Waals surface area contributed by atoms with Gasteiger partial charge in [-0.25, -0.2) is 9.59 Å². The first kappa shape index (κ1) is 14.7. The van der Waals surface area contributed by atoms with Crippen LogP contribution in [0.2, 0.25) is 0 Å². The molecular formula is C13H16N2O4. The van der Waals surface area contributed by atoms with Crippen molar-refractivity contribution in [3.8, 4) is 0 Å². The standard InChI is InChI=1S/C13H16N2O4/c1-7-4-8(2)11(9(3)5-7)12(17)19-6-10(16)15-13(14)18/h4-5H,6H2,1-3H3,(H3,14,15,16,18). The minimum Gasteiger partial charge on any atom is -0.452 e. The minimum absolute atomic E-state index is 0.428. The number of rotatable bonds is 3. The van der Waals surface area contributed by atoms with Gasteiger partial charge >= 0.3 is 12.0 Å². The number of hydrogen-bond donors (Lipinski definition) is 2. The van der Waals surface area contributed by atoms with Gasteiger partial charge in [-0.05, 0) is 31.9 Å². The summed E-state index contributed by atoms with van der Waals surface area (Å²) in [6, 6.07) is 2.73. The Bertz CT molecular complexity index is 514. The molecule has 0 atom stereocenters. The molecule has 0 unspecified atom stereocenters. The summed E-state index contributed by atoms with van der Waals surface area (Å²) in [5.41, 5.74) is 7.78. The summed E-state index contributed by atoms with van der Waals surface area (Å²) in [4.78, 5) is 33.4. The largest absolute Gasteiger partial charge is 0.452 e. The number of nitrogens with two attached hydrogens (primary N) is 1. The summed E-state index contributed by atoms with van der Waals surface area (Å²) in [6.07, 6.45) is 0. The number of imide groups is 1. The molecule has 6 heteroatoms. The third kappa shape index (κ3) is 4.09. The summed E-state index contributed by atoms with van der Waals surface area (Å²) >= 11 is 0. The highest BCUT2D eigenvalue weighted by Crippen LogP contribution is 2.17. The lowest BCUT2D eigenvalue weighted by Gasteiger charge is -2.10. The second-order valence-corrected chi connectivity index (χ2v) is 4.26. The second-order valence-electron chi connectivity index (χ2n) is 4.26. The minimum atomic E-state index is -0.983. The van der Waals surface area contributed by atoms with Crippen LogP contribution < -0.4 is 11.1 Å². The van der Waals surface area contributed by atoms with Crippen LogP contribution >= 0.6 is 0 Å². The van der Waals surface area contributed by atoms with Gasteiger partial charge in [-0.2, -0.15) is 0 Å². The van der Waals surface area contributed by atoms with Crippen LogP contribution in [0, 0.1) is 20.8 Å². The summed E-state index contributed by atoms with van der Waals surface area (Å²) < 4.78 is 4.83. The van der Waals surface area contributed by atoms with Crippen LogP contribution in [0.4, 0.5) is 4.79 Å². The van der Waals surface area contributed by atoms with E-state index in [0.717, 1.165) is 16.7 Å². The maximum atomic E-state index is 11.9. The topological polar surface area (TPSA) is 98.5 Å². The van der Waals surface area contributed by atoms with E-state index in [-0.39, 0.29) is 0 Å². The molecular weight excluding hydrogens is 248 g/mol. The molecule has 0 spiro atoms. The first-order chi connectivity index (χ1) is 8.81.